The van der Waals surface area contributed by atoms with Crippen molar-refractivity contribution in [1.29, 1.82) is 0 Å². The van der Waals surface area contributed by atoms with Crippen molar-refractivity contribution in [3.63, 3.8) is 0 Å². The van der Waals surface area contributed by atoms with Gasteiger partial charge in [0.25, 0.3) is 0 Å². The molecule has 1 saturated carbocycles. The summed E-state index contributed by atoms with van der Waals surface area (Å²) < 4.78 is 19.1. The smallest absolute Gasteiger partial charge is 0.191 e. The van der Waals surface area contributed by atoms with Crippen molar-refractivity contribution in [2.75, 3.05) is 26.3 Å². The van der Waals surface area contributed by atoms with Crippen LogP contribution in [0.5, 0.6) is 0 Å². The van der Waals surface area contributed by atoms with Gasteiger partial charge in [-0.3, -0.25) is 4.99 Å². The van der Waals surface area contributed by atoms with Gasteiger partial charge in [0.05, 0.1) is 0 Å². The number of ether oxygens (including phenoxy) is 1. The van der Waals surface area contributed by atoms with Gasteiger partial charge in [-0.25, -0.2) is 4.39 Å². The molecular formula is C17H26FN3O. The molecule has 0 heterocycles. The first-order valence-electron chi connectivity index (χ1n) is 8.13. The zero-order valence-electron chi connectivity index (χ0n) is 13.4. The largest absolute Gasteiger partial charge is 0.382 e. The fourth-order valence-electron chi connectivity index (χ4n) is 2.47. The molecule has 0 radical (unpaired) electrons. The van der Waals surface area contributed by atoms with Crippen LogP contribution >= 0.6 is 0 Å². The van der Waals surface area contributed by atoms with Gasteiger partial charge in [-0.15, -0.1) is 0 Å². The Morgan fingerprint density at radius 3 is 2.91 bits per heavy atom. The van der Waals surface area contributed by atoms with Gasteiger partial charge in [0.15, 0.2) is 5.96 Å². The summed E-state index contributed by atoms with van der Waals surface area (Å²) in [5.74, 6) is 0.937. The third-order valence-electron chi connectivity index (χ3n) is 3.68. The molecule has 2 N–H and O–H groups in total. The van der Waals surface area contributed by atoms with E-state index in [4.69, 9.17) is 4.74 Å². The minimum Gasteiger partial charge on any atom is -0.382 e. The topological polar surface area (TPSA) is 45.7 Å². The van der Waals surface area contributed by atoms with Gasteiger partial charge in [-0.05, 0) is 38.3 Å². The van der Waals surface area contributed by atoms with E-state index in [9.17, 15) is 4.39 Å². The van der Waals surface area contributed by atoms with Crippen LogP contribution in [0.2, 0.25) is 0 Å². The van der Waals surface area contributed by atoms with Gasteiger partial charge in [0.1, 0.15) is 5.82 Å². The van der Waals surface area contributed by atoms with Crippen molar-refractivity contribution >= 4 is 5.96 Å². The summed E-state index contributed by atoms with van der Waals surface area (Å²) in [5, 5.41) is 6.63. The third-order valence-corrected chi connectivity index (χ3v) is 3.68. The van der Waals surface area contributed by atoms with Crippen molar-refractivity contribution in [2.45, 2.75) is 38.6 Å². The van der Waals surface area contributed by atoms with Gasteiger partial charge >= 0.3 is 0 Å². The Bertz CT molecular complexity index is 493. The lowest BCUT2D eigenvalue weighted by atomic mass is 10.1. The maximum atomic E-state index is 13.8. The molecule has 0 aliphatic heterocycles. The van der Waals surface area contributed by atoms with Crippen LogP contribution in [0.1, 0.15) is 38.2 Å². The van der Waals surface area contributed by atoms with E-state index in [0.29, 0.717) is 0 Å². The first kappa shape index (κ1) is 16.7. The molecule has 2 atom stereocenters. The molecule has 4 nitrogen and oxygen atoms in total. The molecule has 2 unspecified atom stereocenters. The summed E-state index contributed by atoms with van der Waals surface area (Å²) in [4.78, 5) is 4.54. The van der Waals surface area contributed by atoms with Crippen LogP contribution in [0, 0.1) is 5.82 Å². The minimum absolute atomic E-state index is 0.115. The molecule has 122 valence electrons. The average Bonchev–Trinajstić information content (AvgIpc) is 3.26. The summed E-state index contributed by atoms with van der Waals surface area (Å²) in [7, 11) is 0. The summed E-state index contributed by atoms with van der Waals surface area (Å²) in [6.45, 7) is 7.05. The van der Waals surface area contributed by atoms with Crippen LogP contribution in [0.3, 0.4) is 0 Å². The Hall–Kier alpha value is -1.62. The van der Waals surface area contributed by atoms with E-state index in [1.54, 1.807) is 6.07 Å². The van der Waals surface area contributed by atoms with Crippen LogP contribution in [-0.2, 0) is 4.74 Å². The Balaban J connectivity index is 1.82. The van der Waals surface area contributed by atoms with E-state index in [1.807, 2.05) is 26.0 Å². The van der Waals surface area contributed by atoms with Crippen molar-refractivity contribution in [1.82, 2.24) is 10.6 Å². The SMILES string of the molecule is CCNC(=NCCCOCC)NC1CC1c1ccccc1F. The number of benzene rings is 1. The summed E-state index contributed by atoms with van der Waals surface area (Å²) in [6, 6.07) is 7.28. The first-order valence-corrected chi connectivity index (χ1v) is 8.13. The Labute approximate surface area is 132 Å². The van der Waals surface area contributed by atoms with Crippen molar-refractivity contribution in [3.8, 4) is 0 Å². The zero-order chi connectivity index (χ0) is 15.8. The number of hydrogen-bond acceptors (Lipinski definition) is 2. The highest BCUT2D eigenvalue weighted by Gasteiger charge is 2.40. The molecule has 0 spiro atoms. The summed E-state index contributed by atoms with van der Waals surface area (Å²) >= 11 is 0. The highest BCUT2D eigenvalue weighted by atomic mass is 19.1. The van der Waals surface area contributed by atoms with E-state index in [2.05, 4.69) is 15.6 Å². The molecule has 0 aromatic heterocycles. The molecule has 2 rings (SSSR count). The van der Waals surface area contributed by atoms with E-state index in [-0.39, 0.29) is 17.8 Å². The molecule has 0 amide bonds. The molecule has 22 heavy (non-hydrogen) atoms. The van der Waals surface area contributed by atoms with E-state index >= 15 is 0 Å². The highest BCUT2D eigenvalue weighted by molar-refractivity contribution is 5.80. The molecule has 1 fully saturated rings. The number of hydrogen-bond donors (Lipinski definition) is 2. The van der Waals surface area contributed by atoms with Crippen LogP contribution in [0.25, 0.3) is 0 Å². The second kappa shape index (κ2) is 8.73. The first-order chi connectivity index (χ1) is 10.8. The predicted octanol–water partition coefficient (Wildman–Crippen LogP) is 2.66. The minimum atomic E-state index is -0.115. The number of aliphatic imine (C=N–C) groups is 1. The second-order valence-electron chi connectivity index (χ2n) is 5.43. The Morgan fingerprint density at radius 2 is 2.18 bits per heavy atom. The maximum absolute atomic E-state index is 13.8. The monoisotopic (exact) mass is 307 g/mol. The molecule has 1 aliphatic rings. The Kier molecular flexibility index (Phi) is 6.65. The van der Waals surface area contributed by atoms with Gasteiger partial charge < -0.3 is 15.4 Å². The number of rotatable bonds is 8. The maximum Gasteiger partial charge on any atom is 0.191 e. The lowest BCUT2D eigenvalue weighted by Crippen LogP contribution is -2.39. The molecule has 1 aliphatic carbocycles. The normalized spacial score (nSPS) is 20.8. The molecule has 0 bridgehead atoms. The van der Waals surface area contributed by atoms with Gasteiger partial charge in [0.2, 0.25) is 0 Å². The van der Waals surface area contributed by atoms with E-state index < -0.39 is 0 Å². The van der Waals surface area contributed by atoms with Crippen molar-refractivity contribution in [2.24, 2.45) is 4.99 Å². The summed E-state index contributed by atoms with van der Waals surface area (Å²) in [6.07, 6.45) is 1.86. The van der Waals surface area contributed by atoms with Gasteiger partial charge in [-0.2, -0.15) is 0 Å². The van der Waals surface area contributed by atoms with Crippen molar-refractivity contribution < 1.29 is 9.13 Å². The van der Waals surface area contributed by atoms with E-state index in [0.717, 1.165) is 50.7 Å². The Morgan fingerprint density at radius 1 is 1.36 bits per heavy atom. The zero-order valence-corrected chi connectivity index (χ0v) is 13.4. The van der Waals surface area contributed by atoms with Gasteiger partial charge in [-0.1, -0.05) is 18.2 Å². The fraction of sp³-hybridized carbons (Fsp3) is 0.588. The summed E-state index contributed by atoms with van der Waals surface area (Å²) in [5.41, 5.74) is 0.798. The molecule has 0 saturated heterocycles. The number of guanidine groups is 1. The average molecular weight is 307 g/mol. The van der Waals surface area contributed by atoms with Crippen LogP contribution < -0.4 is 10.6 Å². The van der Waals surface area contributed by atoms with Crippen molar-refractivity contribution in [3.05, 3.63) is 35.6 Å². The molecule has 1 aromatic carbocycles. The quantitative estimate of drug-likeness (QED) is 0.441. The molecule has 5 heteroatoms. The molecule has 1 aromatic rings. The predicted molar refractivity (Wildman–Crippen MR) is 87.8 cm³/mol. The molecular weight excluding hydrogens is 281 g/mol. The van der Waals surface area contributed by atoms with Crippen LogP contribution in [-0.4, -0.2) is 38.3 Å². The standard InChI is InChI=1S/C17H26FN3O/c1-3-19-17(20-10-7-11-22-4-2)21-16-12-14(16)13-8-5-6-9-15(13)18/h5-6,8-9,14,16H,3-4,7,10-12H2,1-2H3,(H2,19,20,21). The van der Waals surface area contributed by atoms with Crippen LogP contribution in [0.15, 0.2) is 29.3 Å². The van der Waals surface area contributed by atoms with Gasteiger partial charge in [0, 0.05) is 38.3 Å². The number of nitrogens with zero attached hydrogens (tertiary/aromatic N) is 1. The number of halogens is 1. The second-order valence-corrected chi connectivity index (χ2v) is 5.43. The lowest BCUT2D eigenvalue weighted by Gasteiger charge is -2.11. The van der Waals surface area contributed by atoms with Crippen LogP contribution in [0.4, 0.5) is 4.39 Å². The van der Waals surface area contributed by atoms with E-state index in [1.165, 1.54) is 6.07 Å². The highest BCUT2D eigenvalue weighted by Crippen LogP contribution is 2.41. The third kappa shape index (κ3) is 4.98. The lowest BCUT2D eigenvalue weighted by molar-refractivity contribution is 0.146. The number of nitrogens with one attached hydrogen (secondary N) is 2. The fourth-order valence-corrected chi connectivity index (χ4v) is 2.47.